The zero-order valence-corrected chi connectivity index (χ0v) is 14.4. The summed E-state index contributed by atoms with van der Waals surface area (Å²) in [5.74, 6) is 0.956. The molecule has 0 aliphatic heterocycles. The molecule has 2 aromatic heterocycles. The largest absolute Gasteiger partial charge is 0.312 e. The van der Waals surface area contributed by atoms with E-state index in [-0.39, 0.29) is 5.38 Å². The van der Waals surface area contributed by atoms with Gasteiger partial charge in [0.05, 0.1) is 11.1 Å². The highest BCUT2D eigenvalue weighted by Crippen LogP contribution is 2.27. The van der Waals surface area contributed by atoms with E-state index < -0.39 is 0 Å². The number of aromatic nitrogens is 4. The van der Waals surface area contributed by atoms with Gasteiger partial charge in [-0.25, -0.2) is 4.98 Å². The summed E-state index contributed by atoms with van der Waals surface area (Å²) in [5, 5.41) is 5.10. The molecule has 0 bridgehead atoms. The molecule has 0 radical (unpaired) electrons. The van der Waals surface area contributed by atoms with Gasteiger partial charge in [-0.15, -0.1) is 11.6 Å². The first-order chi connectivity index (χ1) is 9.49. The quantitative estimate of drug-likeness (QED) is 0.761. The molecule has 2 atom stereocenters. The predicted molar refractivity (Wildman–Crippen MR) is 87.7 cm³/mol. The van der Waals surface area contributed by atoms with E-state index in [9.17, 15) is 0 Å². The zero-order chi connectivity index (χ0) is 14.9. The van der Waals surface area contributed by atoms with Crippen LogP contribution in [0.1, 0.15) is 44.1 Å². The number of aryl methyl sites for hydroxylation is 3. The van der Waals surface area contributed by atoms with Crippen LogP contribution in [0.5, 0.6) is 0 Å². The van der Waals surface area contributed by atoms with E-state index in [0.717, 1.165) is 42.1 Å². The van der Waals surface area contributed by atoms with Crippen LogP contribution >= 0.6 is 23.4 Å². The molecule has 0 amide bonds. The first-order valence-corrected chi connectivity index (χ1v) is 8.80. The summed E-state index contributed by atoms with van der Waals surface area (Å²) in [7, 11) is 1.99. The second-order valence-corrected chi connectivity index (χ2v) is 7.10. The van der Waals surface area contributed by atoms with Crippen LogP contribution in [0.2, 0.25) is 0 Å². The molecule has 0 N–H and O–H groups in total. The van der Waals surface area contributed by atoms with Gasteiger partial charge in [0, 0.05) is 18.8 Å². The zero-order valence-electron chi connectivity index (χ0n) is 12.9. The number of imidazole rings is 1. The molecular formula is C14H23ClN4S. The molecule has 2 rings (SSSR count). The maximum Gasteiger partial charge on any atom is 0.158 e. The van der Waals surface area contributed by atoms with Crippen molar-refractivity contribution >= 4 is 34.5 Å². The van der Waals surface area contributed by atoms with Gasteiger partial charge in [0.1, 0.15) is 11.3 Å². The van der Waals surface area contributed by atoms with E-state index in [2.05, 4.69) is 29.8 Å². The number of nitrogens with zero attached hydrogens (tertiary/aromatic N) is 4. The number of thioether (sulfide) groups is 1. The number of fused-ring (bicyclic) bond motifs is 1. The Balaban J connectivity index is 2.48. The molecule has 0 aliphatic rings. The molecule has 0 saturated heterocycles. The van der Waals surface area contributed by atoms with Crippen molar-refractivity contribution in [3.63, 3.8) is 0 Å². The van der Waals surface area contributed by atoms with Gasteiger partial charge in [-0.1, -0.05) is 13.8 Å². The highest BCUT2D eigenvalue weighted by Gasteiger charge is 2.21. The summed E-state index contributed by atoms with van der Waals surface area (Å²) in [6.45, 7) is 7.29. The Labute approximate surface area is 129 Å². The lowest BCUT2D eigenvalue weighted by Crippen LogP contribution is -2.11. The van der Waals surface area contributed by atoms with Crippen LogP contribution in [-0.2, 0) is 20.0 Å². The van der Waals surface area contributed by atoms with Crippen molar-refractivity contribution in [3.05, 3.63) is 11.5 Å². The number of hydrogen-bond donors (Lipinski definition) is 0. The SMILES string of the molecule is CCc1nn(C)c2c1nc(C(C)Cl)n2CCC(C)SC. The number of halogens is 1. The Morgan fingerprint density at radius 2 is 2.05 bits per heavy atom. The number of rotatable bonds is 6. The smallest absolute Gasteiger partial charge is 0.158 e. The first kappa shape index (κ1) is 15.7. The average molecular weight is 315 g/mol. The lowest BCUT2D eigenvalue weighted by Gasteiger charge is -2.13. The van der Waals surface area contributed by atoms with Crippen molar-refractivity contribution < 1.29 is 0 Å². The minimum absolute atomic E-state index is 0.0864. The predicted octanol–water partition coefficient (Wildman–Crippen LogP) is 3.77. The van der Waals surface area contributed by atoms with Gasteiger partial charge >= 0.3 is 0 Å². The van der Waals surface area contributed by atoms with Crippen molar-refractivity contribution in [1.82, 2.24) is 19.3 Å². The van der Waals surface area contributed by atoms with Gasteiger partial charge < -0.3 is 4.57 Å². The second kappa shape index (κ2) is 6.39. The third kappa shape index (κ3) is 2.84. The lowest BCUT2D eigenvalue weighted by atomic mass is 10.3. The normalized spacial score (nSPS) is 14.9. The fourth-order valence-electron chi connectivity index (χ4n) is 2.45. The van der Waals surface area contributed by atoms with Crippen LogP contribution in [0.25, 0.3) is 11.2 Å². The van der Waals surface area contributed by atoms with Gasteiger partial charge in [0.2, 0.25) is 0 Å². The van der Waals surface area contributed by atoms with E-state index in [1.165, 1.54) is 0 Å². The monoisotopic (exact) mass is 314 g/mol. The number of alkyl halides is 1. The van der Waals surface area contributed by atoms with E-state index in [0.29, 0.717) is 5.25 Å². The van der Waals surface area contributed by atoms with E-state index in [1.54, 1.807) is 0 Å². The third-order valence-electron chi connectivity index (χ3n) is 3.67. The maximum absolute atomic E-state index is 6.32. The molecule has 4 nitrogen and oxygen atoms in total. The maximum atomic E-state index is 6.32. The highest BCUT2D eigenvalue weighted by atomic mass is 35.5. The molecule has 0 spiro atoms. The van der Waals surface area contributed by atoms with Crippen LogP contribution in [0.15, 0.2) is 0 Å². The summed E-state index contributed by atoms with van der Waals surface area (Å²) >= 11 is 8.21. The molecular weight excluding hydrogens is 292 g/mol. The number of hydrogen-bond acceptors (Lipinski definition) is 3. The van der Waals surface area contributed by atoms with Gasteiger partial charge in [-0.3, -0.25) is 4.68 Å². The first-order valence-electron chi connectivity index (χ1n) is 7.08. The standard InChI is InChI=1S/C14H23ClN4S/c1-6-11-12-14(18(4)17-11)19(8-7-9(2)20-5)13(16-12)10(3)15/h9-10H,6-8H2,1-5H3. The van der Waals surface area contributed by atoms with Crippen LogP contribution in [-0.4, -0.2) is 30.8 Å². The van der Waals surface area contributed by atoms with E-state index in [4.69, 9.17) is 16.6 Å². The molecule has 2 aromatic rings. The van der Waals surface area contributed by atoms with Gasteiger partial charge in [-0.2, -0.15) is 16.9 Å². The van der Waals surface area contributed by atoms with Crippen molar-refractivity contribution in [2.24, 2.45) is 7.05 Å². The lowest BCUT2D eigenvalue weighted by molar-refractivity contribution is 0.602. The molecule has 20 heavy (non-hydrogen) atoms. The summed E-state index contributed by atoms with van der Waals surface area (Å²) in [6.07, 6.45) is 4.15. The Morgan fingerprint density at radius 3 is 2.60 bits per heavy atom. The molecule has 6 heteroatoms. The van der Waals surface area contributed by atoms with Crippen molar-refractivity contribution in [1.29, 1.82) is 0 Å². The Hall–Kier alpha value is -0.680. The second-order valence-electron chi connectivity index (χ2n) is 5.17. The molecule has 2 heterocycles. The summed E-state index contributed by atoms with van der Waals surface area (Å²) in [6, 6.07) is 0. The van der Waals surface area contributed by atoms with Crippen molar-refractivity contribution in [3.8, 4) is 0 Å². The molecule has 0 aromatic carbocycles. The Kier molecular flexibility index (Phi) is 5.02. The summed E-state index contributed by atoms with van der Waals surface area (Å²) < 4.78 is 4.18. The molecule has 0 aliphatic carbocycles. The fraction of sp³-hybridized carbons (Fsp3) is 0.714. The van der Waals surface area contributed by atoms with Crippen LogP contribution in [0.3, 0.4) is 0 Å². The minimum atomic E-state index is -0.0864. The fourth-order valence-corrected chi connectivity index (χ4v) is 2.96. The van der Waals surface area contributed by atoms with Crippen LogP contribution in [0, 0.1) is 0 Å². The summed E-state index contributed by atoms with van der Waals surface area (Å²) in [5.41, 5.74) is 3.16. The molecule has 0 saturated carbocycles. The molecule has 112 valence electrons. The summed E-state index contributed by atoms with van der Waals surface area (Å²) in [4.78, 5) is 4.75. The van der Waals surface area contributed by atoms with Crippen molar-refractivity contribution in [2.45, 2.75) is 50.8 Å². The Bertz CT molecular complexity index is 588. The van der Waals surface area contributed by atoms with Crippen molar-refractivity contribution in [2.75, 3.05) is 6.26 Å². The topological polar surface area (TPSA) is 35.6 Å². The highest BCUT2D eigenvalue weighted by molar-refractivity contribution is 7.99. The molecule has 0 fully saturated rings. The van der Waals surface area contributed by atoms with Crippen LogP contribution < -0.4 is 0 Å². The van der Waals surface area contributed by atoms with E-state index >= 15 is 0 Å². The minimum Gasteiger partial charge on any atom is -0.312 e. The van der Waals surface area contributed by atoms with Gasteiger partial charge in [0.15, 0.2) is 5.65 Å². The average Bonchev–Trinajstić information content (AvgIpc) is 2.94. The molecule has 2 unspecified atom stereocenters. The van der Waals surface area contributed by atoms with E-state index in [1.807, 2.05) is 30.4 Å². The van der Waals surface area contributed by atoms with Crippen LogP contribution in [0.4, 0.5) is 0 Å². The Morgan fingerprint density at radius 1 is 1.35 bits per heavy atom. The third-order valence-corrected chi connectivity index (χ3v) is 4.91. The van der Waals surface area contributed by atoms with Gasteiger partial charge in [-0.05, 0) is 26.0 Å². The van der Waals surface area contributed by atoms with Gasteiger partial charge in [0.25, 0.3) is 0 Å².